The van der Waals surface area contributed by atoms with Crippen LogP contribution in [0.5, 0.6) is 0 Å². The van der Waals surface area contributed by atoms with Crippen molar-refractivity contribution in [2.45, 2.75) is 0 Å². The van der Waals surface area contributed by atoms with Gasteiger partial charge in [-0.2, -0.15) is 0 Å². The molecule has 7 heteroatoms. The van der Waals surface area contributed by atoms with E-state index in [9.17, 15) is 0 Å². The zero-order chi connectivity index (χ0) is 7.02. The molecule has 0 aliphatic rings. The number of hydrogen-bond acceptors (Lipinski definition) is 1. The van der Waals surface area contributed by atoms with Crippen LogP contribution in [0.25, 0.3) is 0 Å². The van der Waals surface area contributed by atoms with Gasteiger partial charge in [-0.25, -0.2) is 0 Å². The highest BCUT2D eigenvalue weighted by Gasteiger charge is 2.10. The van der Waals surface area contributed by atoms with Crippen LogP contribution in [0.1, 0.15) is 0 Å². The minimum atomic E-state index is 0. The Morgan fingerprint density at radius 1 is 0.727 bits per heavy atom. The van der Waals surface area contributed by atoms with Crippen LogP contribution in [0.4, 0.5) is 0 Å². The van der Waals surface area contributed by atoms with Gasteiger partial charge in [0.1, 0.15) is 8.67 Å². The van der Waals surface area contributed by atoms with Crippen molar-refractivity contribution in [3.8, 4) is 0 Å². The van der Waals surface area contributed by atoms with Crippen molar-refractivity contribution < 1.29 is 0 Å². The van der Waals surface area contributed by atoms with Gasteiger partial charge < -0.3 is 0 Å². The highest BCUT2D eigenvalue weighted by Crippen LogP contribution is 2.42. The topological polar surface area (TPSA) is 0 Å². The lowest BCUT2D eigenvalue weighted by atomic mass is 10.7. The lowest BCUT2D eigenvalue weighted by Gasteiger charge is -1.80. The molecule has 11 heavy (non-hydrogen) atoms. The third-order valence-electron chi connectivity index (χ3n) is 0.717. The van der Waals surface area contributed by atoms with Gasteiger partial charge in [0.05, 0.1) is 10.0 Å². The second-order valence-corrected chi connectivity index (χ2v) is 4.26. The Kier molecular flexibility index (Phi) is 8.12. The molecule has 0 spiro atoms. The van der Waals surface area contributed by atoms with Crippen LogP contribution in [0.3, 0.4) is 0 Å². The predicted molar refractivity (Wildman–Crippen MR) is 58.9 cm³/mol. The van der Waals surface area contributed by atoms with Gasteiger partial charge in [0.2, 0.25) is 0 Å². The normalized spacial score (nSPS) is 8.36. The first-order valence-electron chi connectivity index (χ1n) is 1.91. The predicted octanol–water partition coefficient (Wildman–Crippen LogP) is 5.21. The van der Waals surface area contributed by atoms with E-state index in [-0.39, 0.29) is 24.8 Å². The molecule has 0 amide bonds. The van der Waals surface area contributed by atoms with Gasteiger partial charge >= 0.3 is 0 Å². The van der Waals surface area contributed by atoms with Crippen molar-refractivity contribution >= 4 is 82.6 Å². The van der Waals surface area contributed by atoms with Gasteiger partial charge in [-0.1, -0.05) is 46.4 Å². The monoisotopic (exact) mass is 292 g/mol. The van der Waals surface area contributed by atoms with E-state index in [0.717, 1.165) is 11.3 Å². The lowest BCUT2D eigenvalue weighted by molar-refractivity contribution is 1.99. The van der Waals surface area contributed by atoms with Gasteiger partial charge in [-0.15, -0.1) is 36.2 Å². The lowest BCUT2D eigenvalue weighted by Crippen LogP contribution is -1.53. The number of hydrogen-bond donors (Lipinski definition) is 0. The number of halogens is 6. The fraction of sp³-hybridized carbons (Fsp3) is 0. The van der Waals surface area contributed by atoms with Crippen molar-refractivity contribution in [3.05, 3.63) is 18.7 Å². The molecule has 1 rings (SSSR count). The third kappa shape index (κ3) is 3.35. The third-order valence-corrected chi connectivity index (χ3v) is 3.59. The summed E-state index contributed by atoms with van der Waals surface area (Å²) in [5, 5.41) is 0.682. The standard InChI is InChI=1S/C4Cl4S.2ClH/c5-1-2(6)4(8)9-3(1)7;;/h;2*1H. The Labute approximate surface area is 101 Å². The van der Waals surface area contributed by atoms with E-state index in [1.807, 2.05) is 0 Å². The van der Waals surface area contributed by atoms with Crippen LogP contribution in [0.15, 0.2) is 0 Å². The fourth-order valence-electron chi connectivity index (χ4n) is 0.341. The molecule has 66 valence electrons. The summed E-state index contributed by atoms with van der Waals surface area (Å²) in [5.41, 5.74) is 0. The summed E-state index contributed by atoms with van der Waals surface area (Å²) >= 11 is 23.4. The summed E-state index contributed by atoms with van der Waals surface area (Å²) in [6.45, 7) is 0. The molecule has 0 aromatic carbocycles. The first kappa shape index (κ1) is 14.9. The van der Waals surface area contributed by atoms with Gasteiger partial charge in [0.15, 0.2) is 0 Å². The van der Waals surface area contributed by atoms with Crippen LogP contribution >= 0.6 is 82.6 Å². The Hall–Kier alpha value is 1.44. The molecule has 0 fully saturated rings. The number of rotatable bonds is 0. The average molecular weight is 295 g/mol. The van der Waals surface area contributed by atoms with Crippen molar-refractivity contribution in [1.82, 2.24) is 0 Å². The van der Waals surface area contributed by atoms with E-state index in [0.29, 0.717) is 18.7 Å². The highest BCUT2D eigenvalue weighted by molar-refractivity contribution is 7.21. The summed E-state index contributed by atoms with van der Waals surface area (Å²) in [5.74, 6) is 0. The Balaban J connectivity index is 0. The Morgan fingerprint density at radius 2 is 1.00 bits per heavy atom. The molecule has 1 aromatic rings. The van der Waals surface area contributed by atoms with Gasteiger partial charge in [-0.3, -0.25) is 0 Å². The smallest absolute Gasteiger partial charge is 0.115 e. The van der Waals surface area contributed by atoms with Crippen LogP contribution in [0.2, 0.25) is 18.7 Å². The molecular weight excluding hydrogens is 293 g/mol. The van der Waals surface area contributed by atoms with E-state index in [4.69, 9.17) is 46.4 Å². The summed E-state index contributed by atoms with van der Waals surface area (Å²) in [4.78, 5) is 0. The molecule has 0 aliphatic heterocycles. The first-order chi connectivity index (χ1) is 4.13. The quantitative estimate of drug-likeness (QED) is 0.616. The van der Waals surface area contributed by atoms with Gasteiger partial charge in [-0.05, 0) is 0 Å². The van der Waals surface area contributed by atoms with Gasteiger partial charge in [0, 0.05) is 0 Å². The first-order valence-corrected chi connectivity index (χ1v) is 4.24. The minimum absolute atomic E-state index is 0. The molecule has 0 saturated heterocycles. The molecule has 0 bridgehead atoms. The molecule has 0 aliphatic carbocycles. The fourth-order valence-corrected chi connectivity index (χ4v) is 2.28. The molecule has 0 radical (unpaired) electrons. The second-order valence-electron chi connectivity index (χ2n) is 1.28. The maximum Gasteiger partial charge on any atom is 0.115 e. The zero-order valence-electron chi connectivity index (χ0n) is 4.74. The van der Waals surface area contributed by atoms with E-state index >= 15 is 0 Å². The molecule has 0 unspecified atom stereocenters. The average Bonchev–Trinajstić information content (AvgIpc) is 1.98. The van der Waals surface area contributed by atoms with E-state index in [1.54, 1.807) is 0 Å². The number of thiophene rings is 1. The maximum atomic E-state index is 5.56. The van der Waals surface area contributed by atoms with E-state index < -0.39 is 0 Å². The molecule has 0 atom stereocenters. The summed E-state index contributed by atoms with van der Waals surface area (Å²) in [7, 11) is 0. The largest absolute Gasteiger partial charge is 0.147 e. The van der Waals surface area contributed by atoms with Crippen LogP contribution < -0.4 is 0 Å². The molecular formula is C4H2Cl6S. The van der Waals surface area contributed by atoms with E-state index in [2.05, 4.69) is 0 Å². The molecule has 1 heterocycles. The highest BCUT2D eigenvalue weighted by atomic mass is 35.5. The summed E-state index contributed by atoms with van der Waals surface area (Å²) in [6.07, 6.45) is 0. The van der Waals surface area contributed by atoms with Gasteiger partial charge in [0.25, 0.3) is 0 Å². The van der Waals surface area contributed by atoms with Crippen LogP contribution in [-0.2, 0) is 0 Å². The molecule has 1 aromatic heterocycles. The van der Waals surface area contributed by atoms with Crippen molar-refractivity contribution in [2.75, 3.05) is 0 Å². The van der Waals surface area contributed by atoms with Crippen molar-refractivity contribution in [3.63, 3.8) is 0 Å². The Bertz CT molecular complexity index is 208. The second kappa shape index (κ2) is 5.98. The molecule has 0 nitrogen and oxygen atoms in total. The molecule has 0 N–H and O–H groups in total. The van der Waals surface area contributed by atoms with Crippen molar-refractivity contribution in [1.29, 1.82) is 0 Å². The maximum absolute atomic E-state index is 5.56. The molecule has 0 saturated carbocycles. The van der Waals surface area contributed by atoms with Crippen LogP contribution in [-0.4, -0.2) is 0 Å². The van der Waals surface area contributed by atoms with Crippen LogP contribution in [0, 0.1) is 0 Å². The van der Waals surface area contributed by atoms with E-state index in [1.165, 1.54) is 0 Å². The Morgan fingerprint density at radius 3 is 1.09 bits per heavy atom. The summed E-state index contributed by atoms with van der Waals surface area (Å²) < 4.78 is 0.873. The SMILES string of the molecule is Cl.Cl.Clc1sc(Cl)c(Cl)c1Cl. The minimum Gasteiger partial charge on any atom is -0.147 e. The van der Waals surface area contributed by atoms with Crippen molar-refractivity contribution in [2.24, 2.45) is 0 Å². The summed E-state index contributed by atoms with van der Waals surface area (Å²) in [6, 6.07) is 0. The zero-order valence-corrected chi connectivity index (χ0v) is 10.2.